The number of benzene rings is 1. The zero-order valence-electron chi connectivity index (χ0n) is 9.63. The van der Waals surface area contributed by atoms with Crippen LogP contribution in [0.2, 0.25) is 0 Å². The fourth-order valence-electron chi connectivity index (χ4n) is 1.44. The Kier molecular flexibility index (Phi) is 3.91. The number of hydrogen-bond donors (Lipinski definition) is 2. The maximum absolute atomic E-state index is 11.9. The molecule has 1 heterocycles. The van der Waals surface area contributed by atoms with Crippen LogP contribution in [0.15, 0.2) is 47.1 Å². The van der Waals surface area contributed by atoms with E-state index in [1.807, 2.05) is 0 Å². The zero-order chi connectivity index (χ0) is 13.8. The van der Waals surface area contributed by atoms with Crippen molar-refractivity contribution in [1.82, 2.24) is 4.98 Å². The molecule has 2 aromatic rings. The van der Waals surface area contributed by atoms with Crippen molar-refractivity contribution in [3.8, 4) is 0 Å². The molecule has 1 amide bonds. The van der Waals surface area contributed by atoms with Gasteiger partial charge in [-0.05, 0) is 46.3 Å². The van der Waals surface area contributed by atoms with Gasteiger partial charge in [-0.1, -0.05) is 6.07 Å². The minimum Gasteiger partial charge on any atom is -0.478 e. The minimum atomic E-state index is -1.05. The first-order chi connectivity index (χ1) is 9.08. The number of aromatic nitrogens is 1. The number of carbonyl (C=O) groups excluding carboxylic acids is 1. The average Bonchev–Trinajstić information content (AvgIpc) is 2.42. The molecule has 19 heavy (non-hydrogen) atoms. The third-order valence-electron chi connectivity index (χ3n) is 2.36. The molecule has 2 rings (SSSR count). The lowest BCUT2D eigenvalue weighted by Crippen LogP contribution is -2.14. The van der Waals surface area contributed by atoms with Gasteiger partial charge in [0.2, 0.25) is 0 Å². The van der Waals surface area contributed by atoms with Gasteiger partial charge < -0.3 is 10.4 Å². The van der Waals surface area contributed by atoms with Crippen LogP contribution in [0.25, 0.3) is 0 Å². The van der Waals surface area contributed by atoms with Crippen molar-refractivity contribution in [2.75, 3.05) is 5.32 Å². The molecule has 2 N–H and O–H groups in total. The Hall–Kier alpha value is -2.21. The summed E-state index contributed by atoms with van der Waals surface area (Å²) < 4.78 is 0.599. The quantitative estimate of drug-likeness (QED) is 0.911. The van der Waals surface area contributed by atoms with E-state index in [4.69, 9.17) is 5.11 Å². The summed E-state index contributed by atoms with van der Waals surface area (Å²) in [6.45, 7) is 0. The second-order valence-electron chi connectivity index (χ2n) is 3.67. The summed E-state index contributed by atoms with van der Waals surface area (Å²) >= 11 is 3.25. The molecular weight excluding hydrogens is 312 g/mol. The molecule has 0 spiro atoms. The highest BCUT2D eigenvalue weighted by molar-refractivity contribution is 9.10. The summed E-state index contributed by atoms with van der Waals surface area (Å²) in [5.74, 6) is -1.45. The molecule has 0 aliphatic heterocycles. The minimum absolute atomic E-state index is 0.0968. The maximum atomic E-state index is 11.9. The number of nitrogens with one attached hydrogen (secondary N) is 1. The van der Waals surface area contributed by atoms with Crippen LogP contribution in [0.1, 0.15) is 20.8 Å². The Labute approximate surface area is 117 Å². The van der Waals surface area contributed by atoms with Crippen molar-refractivity contribution >= 4 is 33.5 Å². The van der Waals surface area contributed by atoms with Crippen molar-refractivity contribution in [1.29, 1.82) is 0 Å². The largest absolute Gasteiger partial charge is 0.478 e. The Morgan fingerprint density at radius 1 is 1.21 bits per heavy atom. The molecule has 5 nitrogen and oxygen atoms in total. The monoisotopic (exact) mass is 320 g/mol. The average molecular weight is 321 g/mol. The molecule has 0 aliphatic carbocycles. The number of halogens is 1. The van der Waals surface area contributed by atoms with Crippen LogP contribution < -0.4 is 5.32 Å². The van der Waals surface area contributed by atoms with Gasteiger partial charge in [-0.2, -0.15) is 0 Å². The lowest BCUT2D eigenvalue weighted by atomic mass is 10.2. The van der Waals surface area contributed by atoms with Gasteiger partial charge in [-0.15, -0.1) is 0 Å². The smallest absolute Gasteiger partial charge is 0.335 e. The van der Waals surface area contributed by atoms with Crippen LogP contribution >= 0.6 is 15.9 Å². The maximum Gasteiger partial charge on any atom is 0.335 e. The molecule has 0 radical (unpaired) electrons. The van der Waals surface area contributed by atoms with Crippen molar-refractivity contribution in [2.24, 2.45) is 0 Å². The third kappa shape index (κ3) is 3.17. The van der Waals surface area contributed by atoms with Gasteiger partial charge in [0.1, 0.15) is 5.69 Å². The topological polar surface area (TPSA) is 79.3 Å². The highest BCUT2D eigenvalue weighted by Crippen LogP contribution is 2.24. The summed E-state index contributed by atoms with van der Waals surface area (Å²) in [5.41, 5.74) is 0.741. The number of carbonyl (C=O) groups is 2. The van der Waals surface area contributed by atoms with E-state index in [2.05, 4.69) is 26.2 Å². The number of nitrogens with zero attached hydrogens (tertiary/aromatic N) is 1. The van der Waals surface area contributed by atoms with Crippen LogP contribution in [-0.4, -0.2) is 22.0 Å². The molecule has 0 atom stereocenters. The molecule has 0 saturated carbocycles. The van der Waals surface area contributed by atoms with E-state index >= 15 is 0 Å². The number of carboxylic acid groups (broad SMARTS) is 1. The Morgan fingerprint density at radius 2 is 2.00 bits per heavy atom. The summed E-state index contributed by atoms with van der Waals surface area (Å²) in [6.07, 6.45) is 1.51. The highest BCUT2D eigenvalue weighted by atomic mass is 79.9. The van der Waals surface area contributed by atoms with E-state index in [9.17, 15) is 9.59 Å². The number of hydrogen-bond acceptors (Lipinski definition) is 3. The third-order valence-corrected chi connectivity index (χ3v) is 3.05. The second-order valence-corrected chi connectivity index (χ2v) is 4.52. The van der Waals surface area contributed by atoms with Crippen LogP contribution in [0.5, 0.6) is 0 Å². The summed E-state index contributed by atoms with van der Waals surface area (Å²) in [7, 11) is 0. The standard InChI is InChI=1S/C13H9BrN2O3/c14-9-5-4-8(13(18)19)7-11(9)16-12(17)10-3-1-2-6-15-10/h1-7H,(H,16,17)(H,18,19). The number of carboxylic acids is 1. The lowest BCUT2D eigenvalue weighted by molar-refractivity contribution is 0.0696. The van der Waals surface area contributed by atoms with Gasteiger partial charge in [0.25, 0.3) is 5.91 Å². The summed E-state index contributed by atoms with van der Waals surface area (Å²) in [5, 5.41) is 11.5. The molecule has 1 aromatic heterocycles. The molecule has 0 bridgehead atoms. The van der Waals surface area contributed by atoms with Crippen molar-refractivity contribution in [3.63, 3.8) is 0 Å². The van der Waals surface area contributed by atoms with Gasteiger partial charge in [0, 0.05) is 10.7 Å². The fourth-order valence-corrected chi connectivity index (χ4v) is 1.78. The summed E-state index contributed by atoms with van der Waals surface area (Å²) in [4.78, 5) is 26.7. The van der Waals surface area contributed by atoms with Crippen LogP contribution in [0, 0.1) is 0 Å². The highest BCUT2D eigenvalue weighted by Gasteiger charge is 2.11. The predicted molar refractivity (Wildman–Crippen MR) is 73.3 cm³/mol. The number of pyridine rings is 1. The number of aromatic carboxylic acids is 1. The molecule has 0 fully saturated rings. The first-order valence-corrected chi connectivity index (χ1v) is 6.12. The van der Waals surface area contributed by atoms with E-state index in [-0.39, 0.29) is 11.3 Å². The molecule has 0 aliphatic rings. The predicted octanol–water partition coefficient (Wildman–Crippen LogP) is 2.79. The summed E-state index contributed by atoms with van der Waals surface area (Å²) in [6, 6.07) is 9.38. The normalized spacial score (nSPS) is 9.95. The van der Waals surface area contributed by atoms with Crippen molar-refractivity contribution in [2.45, 2.75) is 0 Å². The van der Waals surface area contributed by atoms with E-state index in [1.54, 1.807) is 24.3 Å². The first-order valence-electron chi connectivity index (χ1n) is 5.33. The Bertz CT molecular complexity index is 629. The molecule has 6 heteroatoms. The zero-order valence-corrected chi connectivity index (χ0v) is 11.2. The van der Waals surface area contributed by atoms with Gasteiger partial charge in [0.15, 0.2) is 0 Å². The van der Waals surface area contributed by atoms with Gasteiger partial charge in [0.05, 0.1) is 11.3 Å². The Balaban J connectivity index is 2.26. The van der Waals surface area contributed by atoms with Crippen molar-refractivity contribution in [3.05, 3.63) is 58.3 Å². The van der Waals surface area contributed by atoms with Crippen LogP contribution in [-0.2, 0) is 0 Å². The van der Waals surface area contributed by atoms with E-state index < -0.39 is 11.9 Å². The number of amides is 1. The molecule has 1 aromatic carbocycles. The molecule has 0 saturated heterocycles. The van der Waals surface area contributed by atoms with E-state index in [0.29, 0.717) is 10.2 Å². The van der Waals surface area contributed by atoms with E-state index in [0.717, 1.165) is 0 Å². The number of anilines is 1. The fraction of sp³-hybridized carbons (Fsp3) is 0. The lowest BCUT2D eigenvalue weighted by Gasteiger charge is -2.07. The van der Waals surface area contributed by atoms with Crippen molar-refractivity contribution < 1.29 is 14.7 Å². The van der Waals surface area contributed by atoms with E-state index in [1.165, 1.54) is 18.3 Å². The second kappa shape index (κ2) is 5.62. The molecule has 0 unspecified atom stereocenters. The van der Waals surface area contributed by atoms with Crippen LogP contribution in [0.4, 0.5) is 5.69 Å². The SMILES string of the molecule is O=C(O)c1ccc(Br)c(NC(=O)c2ccccn2)c1. The van der Waals surface area contributed by atoms with Gasteiger partial charge in [-0.25, -0.2) is 4.79 Å². The van der Waals surface area contributed by atoms with Crippen LogP contribution in [0.3, 0.4) is 0 Å². The van der Waals surface area contributed by atoms with Gasteiger partial charge in [-0.3, -0.25) is 9.78 Å². The van der Waals surface area contributed by atoms with Gasteiger partial charge >= 0.3 is 5.97 Å². The molecular formula is C13H9BrN2O3. The Morgan fingerprint density at radius 3 is 2.63 bits per heavy atom. The molecule has 96 valence electrons. The first kappa shape index (κ1) is 13.2. The number of rotatable bonds is 3.